The number of hydrogen-bond donors (Lipinski definition) is 3. The number of fused-ring (bicyclic) bond motifs is 1. The van der Waals surface area contributed by atoms with Gasteiger partial charge in [-0.15, -0.1) is 0 Å². The first-order chi connectivity index (χ1) is 22.2. The molecule has 1 atom stereocenters. The Balaban J connectivity index is 0.848. The average Bonchev–Trinajstić information content (AvgIpc) is 3.68. The van der Waals surface area contributed by atoms with Crippen molar-refractivity contribution in [2.24, 2.45) is 11.3 Å². The lowest BCUT2D eigenvalue weighted by Crippen LogP contribution is -2.42. The van der Waals surface area contributed by atoms with E-state index in [2.05, 4.69) is 61.7 Å². The van der Waals surface area contributed by atoms with Gasteiger partial charge in [0.25, 0.3) is 5.91 Å². The van der Waals surface area contributed by atoms with Gasteiger partial charge in [-0.2, -0.15) is 10.2 Å². The molecule has 0 radical (unpaired) electrons. The molecule has 3 saturated heterocycles. The lowest BCUT2D eigenvalue weighted by molar-refractivity contribution is -0.134. The molecule has 11 heteroatoms. The molecule has 5 heterocycles. The van der Waals surface area contributed by atoms with Crippen LogP contribution in [0.1, 0.15) is 98.1 Å². The Kier molecular flexibility index (Phi) is 8.44. The average molecular weight is 627 g/mol. The molecule has 244 valence electrons. The molecule has 3 fully saturated rings. The van der Waals surface area contributed by atoms with Crippen LogP contribution in [0.2, 0.25) is 0 Å². The fourth-order valence-electron chi connectivity index (χ4n) is 7.86. The number of carbonyl (C=O) groups excluding carboxylic acids is 3. The van der Waals surface area contributed by atoms with Crippen molar-refractivity contribution in [1.29, 1.82) is 0 Å². The molecule has 0 spiro atoms. The Morgan fingerprint density at radius 2 is 1.76 bits per heavy atom. The zero-order valence-corrected chi connectivity index (χ0v) is 27.1. The minimum Gasteiger partial charge on any atom is -0.372 e. The number of likely N-dealkylation sites (tertiary alicyclic amines) is 1. The molecule has 0 bridgehead atoms. The number of hydrogen-bond acceptors (Lipinski definition) is 7. The first-order valence-electron chi connectivity index (χ1n) is 17.0. The number of nitrogens with zero attached hydrogens (tertiary/aromatic N) is 5. The summed E-state index contributed by atoms with van der Waals surface area (Å²) in [6, 6.07) is 8.69. The van der Waals surface area contributed by atoms with Crippen molar-refractivity contribution in [2.45, 2.75) is 83.6 Å². The predicted octanol–water partition coefficient (Wildman–Crippen LogP) is 4.45. The van der Waals surface area contributed by atoms with Gasteiger partial charge in [0.05, 0.1) is 23.8 Å². The molecule has 0 saturated carbocycles. The lowest BCUT2D eigenvalue weighted by atomic mass is 9.76. The zero-order valence-electron chi connectivity index (χ0n) is 27.1. The third-order valence-corrected chi connectivity index (χ3v) is 10.7. The van der Waals surface area contributed by atoms with Gasteiger partial charge >= 0.3 is 0 Å². The van der Waals surface area contributed by atoms with Gasteiger partial charge < -0.3 is 15.1 Å². The normalized spacial score (nSPS) is 22.8. The van der Waals surface area contributed by atoms with Crippen molar-refractivity contribution < 1.29 is 14.4 Å². The molecule has 46 heavy (non-hydrogen) atoms. The van der Waals surface area contributed by atoms with E-state index < -0.39 is 0 Å². The third kappa shape index (κ3) is 6.61. The van der Waals surface area contributed by atoms with Gasteiger partial charge in [0.1, 0.15) is 0 Å². The first kappa shape index (κ1) is 30.7. The minimum atomic E-state index is -0.233. The highest BCUT2D eigenvalue weighted by Crippen LogP contribution is 2.35. The Morgan fingerprint density at radius 3 is 2.50 bits per heavy atom. The van der Waals surface area contributed by atoms with Gasteiger partial charge in [0, 0.05) is 62.3 Å². The van der Waals surface area contributed by atoms with Gasteiger partial charge in [0.15, 0.2) is 5.69 Å². The molecule has 1 aliphatic carbocycles. The predicted molar refractivity (Wildman–Crippen MR) is 176 cm³/mol. The van der Waals surface area contributed by atoms with E-state index in [1.54, 1.807) is 6.20 Å². The van der Waals surface area contributed by atoms with Crippen LogP contribution >= 0.6 is 0 Å². The van der Waals surface area contributed by atoms with E-state index in [9.17, 15) is 14.4 Å². The van der Waals surface area contributed by atoms with Crippen molar-refractivity contribution in [3.63, 3.8) is 0 Å². The van der Waals surface area contributed by atoms with Crippen LogP contribution in [0.4, 0.5) is 11.4 Å². The number of carbonyl (C=O) groups is 3. The van der Waals surface area contributed by atoms with Gasteiger partial charge in [0.2, 0.25) is 11.8 Å². The zero-order chi connectivity index (χ0) is 31.8. The number of nitrogens with one attached hydrogen (secondary N) is 3. The second kappa shape index (κ2) is 12.7. The molecule has 3 aromatic rings. The van der Waals surface area contributed by atoms with E-state index in [4.69, 9.17) is 0 Å². The summed E-state index contributed by atoms with van der Waals surface area (Å²) >= 11 is 0. The van der Waals surface area contributed by atoms with Crippen molar-refractivity contribution in [3.05, 3.63) is 59.2 Å². The number of benzene rings is 1. The lowest BCUT2D eigenvalue weighted by Gasteiger charge is -2.38. The second-order valence-corrected chi connectivity index (χ2v) is 14.6. The van der Waals surface area contributed by atoms with E-state index >= 15 is 0 Å². The maximum absolute atomic E-state index is 13.1. The summed E-state index contributed by atoms with van der Waals surface area (Å²) in [5.41, 5.74) is 5.81. The highest BCUT2D eigenvalue weighted by atomic mass is 16.2. The number of anilines is 2. The summed E-state index contributed by atoms with van der Waals surface area (Å²) < 4.78 is 2.03. The largest absolute Gasteiger partial charge is 0.372 e. The SMILES string of the molecule is CC1(C)CCc2c(C(=O)Nc3cnn(C4CCN(CC5CCN(c6ccc([C@@H]7CCC(=O)NC7=O)cc6)CC5)CC4)c3)n[nH]c2C1. The number of piperidine rings is 3. The number of imide groups is 1. The van der Waals surface area contributed by atoms with Crippen LogP contribution in [0.15, 0.2) is 36.7 Å². The summed E-state index contributed by atoms with van der Waals surface area (Å²) in [6.07, 6.45) is 12.0. The number of aromatic nitrogens is 4. The standard InChI is InChI=1S/C35H46N8O3/c1-35(2)14-9-29-30(19-35)39-40-32(29)34(46)37-25-20-36-43(22-25)27-12-15-41(16-13-27)21-23-10-17-42(18-11-23)26-5-3-24(4-6-26)28-7-8-31(44)38-33(28)45/h3-6,20,22-23,27-28H,7-19,21H2,1-2H3,(H,37,46)(H,39,40)(H,38,44,45)/t28-/m0/s1. The fourth-order valence-corrected chi connectivity index (χ4v) is 7.86. The van der Waals surface area contributed by atoms with Crippen LogP contribution in [0, 0.1) is 11.3 Å². The van der Waals surface area contributed by atoms with Crippen LogP contribution in [-0.4, -0.2) is 75.3 Å². The van der Waals surface area contributed by atoms with E-state index in [-0.39, 0.29) is 29.1 Å². The maximum atomic E-state index is 13.1. The summed E-state index contributed by atoms with van der Waals surface area (Å²) in [6.45, 7) is 9.86. The molecular weight excluding hydrogens is 580 g/mol. The third-order valence-electron chi connectivity index (χ3n) is 10.7. The van der Waals surface area contributed by atoms with Crippen LogP contribution in [0.25, 0.3) is 0 Å². The Hall–Kier alpha value is -3.99. The van der Waals surface area contributed by atoms with Crippen molar-refractivity contribution >= 4 is 29.1 Å². The van der Waals surface area contributed by atoms with Crippen LogP contribution in [0.3, 0.4) is 0 Å². The number of H-pyrrole nitrogens is 1. The summed E-state index contributed by atoms with van der Waals surface area (Å²) in [5.74, 6) is -0.0565. The molecule has 3 aliphatic heterocycles. The topological polar surface area (TPSA) is 128 Å². The molecule has 4 aliphatic rings. The number of aromatic amines is 1. The number of rotatable bonds is 7. The highest BCUT2D eigenvalue weighted by molar-refractivity contribution is 6.04. The van der Waals surface area contributed by atoms with Crippen LogP contribution < -0.4 is 15.5 Å². The molecule has 3 N–H and O–H groups in total. The second-order valence-electron chi connectivity index (χ2n) is 14.6. The minimum absolute atomic E-state index is 0.165. The first-order valence-corrected chi connectivity index (χ1v) is 17.0. The van der Waals surface area contributed by atoms with Gasteiger partial charge in [-0.1, -0.05) is 26.0 Å². The van der Waals surface area contributed by atoms with E-state index in [1.165, 1.54) is 18.5 Å². The van der Waals surface area contributed by atoms with E-state index in [0.717, 1.165) is 87.3 Å². The van der Waals surface area contributed by atoms with E-state index in [0.29, 0.717) is 30.5 Å². The molecule has 3 amide bonds. The molecular formula is C35H46N8O3. The molecule has 1 aromatic carbocycles. The monoisotopic (exact) mass is 626 g/mol. The van der Waals surface area contributed by atoms with Crippen molar-refractivity contribution in [2.75, 3.05) is 42.9 Å². The van der Waals surface area contributed by atoms with Crippen molar-refractivity contribution in [1.82, 2.24) is 30.2 Å². The Labute approximate surface area is 270 Å². The fraction of sp³-hybridized carbons (Fsp3) is 0.571. The number of amides is 3. The van der Waals surface area contributed by atoms with Crippen LogP contribution in [-0.2, 0) is 22.4 Å². The Bertz CT molecular complexity index is 1570. The Morgan fingerprint density at radius 1 is 1.00 bits per heavy atom. The van der Waals surface area contributed by atoms with Crippen LogP contribution in [0.5, 0.6) is 0 Å². The van der Waals surface area contributed by atoms with Gasteiger partial charge in [-0.25, -0.2) is 0 Å². The van der Waals surface area contributed by atoms with Crippen molar-refractivity contribution in [3.8, 4) is 0 Å². The highest BCUT2D eigenvalue weighted by Gasteiger charge is 2.32. The quantitative estimate of drug-likeness (QED) is 0.331. The summed E-state index contributed by atoms with van der Waals surface area (Å²) in [5, 5.41) is 17.6. The smallest absolute Gasteiger partial charge is 0.276 e. The van der Waals surface area contributed by atoms with Gasteiger partial charge in [-0.3, -0.25) is 29.5 Å². The van der Waals surface area contributed by atoms with E-state index in [1.807, 2.05) is 23.0 Å². The molecule has 0 unspecified atom stereocenters. The maximum Gasteiger partial charge on any atom is 0.276 e. The van der Waals surface area contributed by atoms with Gasteiger partial charge in [-0.05, 0) is 80.4 Å². The molecule has 11 nitrogen and oxygen atoms in total. The molecule has 2 aromatic heterocycles. The summed E-state index contributed by atoms with van der Waals surface area (Å²) in [4.78, 5) is 41.8. The molecule has 7 rings (SSSR count). The summed E-state index contributed by atoms with van der Waals surface area (Å²) in [7, 11) is 0.